The van der Waals surface area contributed by atoms with E-state index in [4.69, 9.17) is 4.74 Å². The van der Waals surface area contributed by atoms with Crippen LogP contribution >= 0.6 is 0 Å². The molecule has 6 rings (SSSR count). The highest BCUT2D eigenvalue weighted by Crippen LogP contribution is 2.29. The quantitative estimate of drug-likeness (QED) is 0.448. The summed E-state index contributed by atoms with van der Waals surface area (Å²) in [5, 5.41) is 14.4. The summed E-state index contributed by atoms with van der Waals surface area (Å²) in [6, 6.07) is 19.4. The third-order valence-corrected chi connectivity index (χ3v) is 7.55. The van der Waals surface area contributed by atoms with Crippen molar-refractivity contribution >= 4 is 11.6 Å². The number of nitrogens with zero attached hydrogens (tertiary/aromatic N) is 2. The summed E-state index contributed by atoms with van der Waals surface area (Å²) in [7, 11) is 0. The van der Waals surface area contributed by atoms with Crippen LogP contribution in [-0.4, -0.2) is 60.0 Å². The molecule has 6 nitrogen and oxygen atoms in total. The Morgan fingerprint density at radius 2 is 1.79 bits per heavy atom. The smallest absolute Gasteiger partial charge is 0.270 e. The van der Waals surface area contributed by atoms with Crippen molar-refractivity contribution in [2.75, 3.05) is 26.2 Å². The van der Waals surface area contributed by atoms with Crippen LogP contribution in [0.3, 0.4) is 0 Å². The van der Waals surface area contributed by atoms with Crippen LogP contribution in [-0.2, 0) is 11.2 Å². The van der Waals surface area contributed by atoms with Gasteiger partial charge in [0.15, 0.2) is 0 Å². The van der Waals surface area contributed by atoms with E-state index in [1.54, 1.807) is 12.1 Å². The van der Waals surface area contributed by atoms with Gasteiger partial charge in [0.05, 0.1) is 12.1 Å². The van der Waals surface area contributed by atoms with Gasteiger partial charge in [-0.2, -0.15) is 0 Å². The van der Waals surface area contributed by atoms with Gasteiger partial charge in [0.1, 0.15) is 23.4 Å². The summed E-state index contributed by atoms with van der Waals surface area (Å²) in [5.74, 6) is 0.258. The molecular formula is C31H32FN3O3. The van der Waals surface area contributed by atoms with Gasteiger partial charge in [0.2, 0.25) is 0 Å². The number of ether oxygens (including phenoxy) is 1. The predicted molar refractivity (Wildman–Crippen MR) is 145 cm³/mol. The van der Waals surface area contributed by atoms with Crippen LogP contribution in [0.15, 0.2) is 71.7 Å². The van der Waals surface area contributed by atoms with Crippen molar-refractivity contribution < 1.29 is 19.0 Å². The Morgan fingerprint density at radius 3 is 2.47 bits per heavy atom. The summed E-state index contributed by atoms with van der Waals surface area (Å²) in [6.07, 6.45) is 3.50. The number of carbonyl (C=O) groups excluding carboxylic acids is 1. The summed E-state index contributed by atoms with van der Waals surface area (Å²) in [4.78, 5) is 20.3. The molecule has 1 amide bonds. The Kier molecular flexibility index (Phi) is 6.96. The van der Waals surface area contributed by atoms with Crippen molar-refractivity contribution in [3.8, 4) is 16.9 Å². The van der Waals surface area contributed by atoms with Gasteiger partial charge in [-0.3, -0.25) is 9.79 Å². The first-order valence-electron chi connectivity index (χ1n) is 13.4. The lowest BCUT2D eigenvalue weighted by molar-refractivity contribution is -0.116. The average molecular weight is 514 g/mol. The fourth-order valence-electron chi connectivity index (χ4n) is 5.08. The predicted octanol–water partition coefficient (Wildman–Crippen LogP) is 4.30. The van der Waals surface area contributed by atoms with Crippen LogP contribution in [0.4, 0.5) is 4.39 Å². The second kappa shape index (κ2) is 10.7. The Balaban J connectivity index is 1.19. The van der Waals surface area contributed by atoms with Crippen LogP contribution in [0, 0.1) is 5.82 Å². The first-order valence-corrected chi connectivity index (χ1v) is 13.4. The SMILES string of the molecule is O=C(N[C@H](CN1CCC1)[C@H](O)c1ccc(OC2CC2)cc1)C1=NCCc2cc(-c3ccc(F)cc3)ccc21. The van der Waals surface area contributed by atoms with Gasteiger partial charge in [0, 0.05) is 18.7 Å². The van der Waals surface area contributed by atoms with Crippen molar-refractivity contribution in [3.63, 3.8) is 0 Å². The highest BCUT2D eigenvalue weighted by atomic mass is 19.1. The summed E-state index contributed by atoms with van der Waals surface area (Å²) in [6.45, 7) is 3.01. The van der Waals surface area contributed by atoms with E-state index in [2.05, 4.69) is 21.3 Å². The molecule has 0 bridgehead atoms. The highest BCUT2D eigenvalue weighted by molar-refractivity contribution is 6.46. The normalized spacial score (nSPS) is 18.5. The number of benzene rings is 3. The number of likely N-dealkylation sites (tertiary alicyclic amines) is 1. The number of amides is 1. The number of aliphatic hydroxyl groups excluding tert-OH is 1. The molecule has 3 aromatic rings. The molecular weight excluding hydrogens is 481 g/mol. The standard InChI is InChI=1S/C31H32FN3O3/c32-24-7-2-20(3-8-24)22-6-13-27-23(18-22)14-15-33-29(27)31(37)34-28(19-35-16-1-17-35)30(36)21-4-9-25(10-5-21)38-26-11-12-26/h2-10,13,18,26,28,30,36H,1,11-12,14-17,19H2,(H,34,37)/t28-,30-/m1/s1. The van der Waals surface area contributed by atoms with Crippen LogP contribution in [0.5, 0.6) is 5.75 Å². The van der Waals surface area contributed by atoms with Gasteiger partial charge in [-0.25, -0.2) is 4.39 Å². The number of hydrogen-bond donors (Lipinski definition) is 2. The highest BCUT2D eigenvalue weighted by Gasteiger charge is 2.30. The second-order valence-corrected chi connectivity index (χ2v) is 10.4. The Hall–Kier alpha value is -3.55. The zero-order valence-electron chi connectivity index (χ0n) is 21.3. The molecule has 3 aromatic carbocycles. The summed E-state index contributed by atoms with van der Waals surface area (Å²) >= 11 is 0. The number of nitrogens with one attached hydrogen (secondary N) is 1. The Morgan fingerprint density at radius 1 is 1.05 bits per heavy atom. The Labute approximate surface area is 222 Å². The third-order valence-electron chi connectivity index (χ3n) is 7.55. The van der Waals surface area contributed by atoms with E-state index in [1.165, 1.54) is 12.1 Å². The third kappa shape index (κ3) is 5.49. The van der Waals surface area contributed by atoms with E-state index < -0.39 is 12.1 Å². The van der Waals surface area contributed by atoms with Crippen LogP contribution in [0.2, 0.25) is 0 Å². The molecule has 7 heteroatoms. The van der Waals surface area contributed by atoms with Crippen LogP contribution in [0.25, 0.3) is 11.1 Å². The minimum absolute atomic E-state index is 0.268. The maximum absolute atomic E-state index is 13.5. The minimum atomic E-state index is -0.862. The number of aliphatic hydroxyl groups is 1. The molecule has 2 heterocycles. The fraction of sp³-hybridized carbons (Fsp3) is 0.355. The van der Waals surface area contributed by atoms with Crippen LogP contribution in [0.1, 0.15) is 42.1 Å². The monoisotopic (exact) mass is 513 g/mol. The molecule has 2 aliphatic heterocycles. The number of halogens is 1. The zero-order valence-corrected chi connectivity index (χ0v) is 21.3. The number of aliphatic imine (C=N–C) groups is 1. The molecule has 0 unspecified atom stereocenters. The maximum Gasteiger partial charge on any atom is 0.270 e. The Bertz CT molecular complexity index is 1330. The van der Waals surface area contributed by atoms with E-state index in [1.807, 2.05) is 36.4 Å². The fourth-order valence-corrected chi connectivity index (χ4v) is 5.08. The van der Waals surface area contributed by atoms with Gasteiger partial charge in [-0.05, 0) is 85.3 Å². The van der Waals surface area contributed by atoms with Crippen molar-refractivity contribution in [1.29, 1.82) is 0 Å². The minimum Gasteiger partial charge on any atom is -0.490 e. The molecule has 0 radical (unpaired) electrons. The number of hydrogen-bond acceptors (Lipinski definition) is 5. The van der Waals surface area contributed by atoms with E-state index in [9.17, 15) is 14.3 Å². The van der Waals surface area contributed by atoms with E-state index in [0.717, 1.165) is 72.3 Å². The second-order valence-electron chi connectivity index (χ2n) is 10.4. The molecule has 3 aliphatic rings. The largest absolute Gasteiger partial charge is 0.490 e. The lowest BCUT2D eigenvalue weighted by atomic mass is 9.92. The van der Waals surface area contributed by atoms with Crippen molar-refractivity contribution in [1.82, 2.24) is 10.2 Å². The number of rotatable bonds is 9. The number of fused-ring (bicyclic) bond motifs is 1. The summed E-state index contributed by atoms with van der Waals surface area (Å²) in [5.41, 5.74) is 4.89. The number of carbonyl (C=O) groups is 1. The molecule has 0 spiro atoms. The lowest BCUT2D eigenvalue weighted by Gasteiger charge is -2.36. The first kappa shape index (κ1) is 24.8. The molecule has 1 saturated heterocycles. The molecule has 196 valence electrons. The van der Waals surface area contributed by atoms with Gasteiger partial charge < -0.3 is 20.1 Å². The van der Waals surface area contributed by atoms with Gasteiger partial charge in [-0.15, -0.1) is 0 Å². The summed E-state index contributed by atoms with van der Waals surface area (Å²) < 4.78 is 19.2. The zero-order chi connectivity index (χ0) is 26.1. The molecule has 1 aliphatic carbocycles. The molecule has 2 fully saturated rings. The molecule has 2 atom stereocenters. The van der Waals surface area contributed by atoms with E-state index in [0.29, 0.717) is 24.9 Å². The van der Waals surface area contributed by atoms with Gasteiger partial charge in [-0.1, -0.05) is 42.5 Å². The molecule has 1 saturated carbocycles. The van der Waals surface area contributed by atoms with E-state index in [-0.39, 0.29) is 11.7 Å². The van der Waals surface area contributed by atoms with Gasteiger partial charge >= 0.3 is 0 Å². The maximum atomic E-state index is 13.5. The van der Waals surface area contributed by atoms with Crippen molar-refractivity contribution in [3.05, 3.63) is 89.2 Å². The van der Waals surface area contributed by atoms with Gasteiger partial charge in [0.25, 0.3) is 5.91 Å². The van der Waals surface area contributed by atoms with Crippen molar-refractivity contribution in [2.45, 2.75) is 43.9 Å². The van der Waals surface area contributed by atoms with Crippen molar-refractivity contribution in [2.24, 2.45) is 4.99 Å². The first-order chi connectivity index (χ1) is 18.5. The topological polar surface area (TPSA) is 74.2 Å². The van der Waals surface area contributed by atoms with E-state index >= 15 is 0 Å². The lowest BCUT2D eigenvalue weighted by Crippen LogP contribution is -2.52. The molecule has 2 N–H and O–H groups in total. The molecule has 0 aromatic heterocycles. The van der Waals surface area contributed by atoms with Crippen LogP contribution < -0.4 is 10.1 Å². The molecule has 38 heavy (non-hydrogen) atoms. The average Bonchev–Trinajstić information content (AvgIpc) is 3.73.